The van der Waals surface area contributed by atoms with Crippen molar-refractivity contribution < 1.29 is 10.0 Å². The second-order valence-electron chi connectivity index (χ2n) is 3.07. The van der Waals surface area contributed by atoms with E-state index < -0.39 is 4.92 Å². The first-order valence-electron chi connectivity index (χ1n) is 4.12. The molecular formula is C10H11NO3. The van der Waals surface area contributed by atoms with Crippen LogP contribution in [0.15, 0.2) is 18.4 Å². The first kappa shape index (κ1) is 10.2. The number of hydrogen-bond acceptors (Lipinski definition) is 3. The number of aliphatic hydroxyl groups excluding tert-OH is 1. The number of aliphatic hydroxyl groups is 1. The predicted octanol–water partition coefficient (Wildman–Crippen LogP) is 2.74. The molecule has 0 radical (unpaired) electrons. The highest BCUT2D eigenvalue weighted by Gasteiger charge is 2.09. The number of rotatable bonds is 2. The van der Waals surface area contributed by atoms with E-state index in [9.17, 15) is 10.1 Å². The molecule has 14 heavy (non-hydrogen) atoms. The molecule has 0 heterocycles. The minimum absolute atomic E-state index is 0.0788. The van der Waals surface area contributed by atoms with Crippen LogP contribution in [0.4, 0.5) is 5.69 Å². The highest BCUT2D eigenvalue weighted by atomic mass is 16.6. The lowest BCUT2D eigenvalue weighted by atomic mass is 10.0. The number of aryl methyl sites for hydroxylation is 2. The second-order valence-corrected chi connectivity index (χ2v) is 3.07. The van der Waals surface area contributed by atoms with Crippen molar-refractivity contribution in [2.45, 2.75) is 13.8 Å². The lowest BCUT2D eigenvalue weighted by Gasteiger charge is -2.04. The van der Waals surface area contributed by atoms with Gasteiger partial charge in [0.2, 0.25) is 0 Å². The molecular weight excluding hydrogens is 182 g/mol. The first-order valence-corrected chi connectivity index (χ1v) is 4.12. The molecule has 0 amide bonds. The van der Waals surface area contributed by atoms with Gasteiger partial charge in [0.15, 0.2) is 0 Å². The van der Waals surface area contributed by atoms with Crippen molar-refractivity contribution in [3.63, 3.8) is 0 Å². The van der Waals surface area contributed by atoms with Gasteiger partial charge in [-0.25, -0.2) is 0 Å². The normalized spacial score (nSPS) is 10.7. The summed E-state index contributed by atoms with van der Waals surface area (Å²) in [5.41, 5.74) is 2.46. The van der Waals surface area contributed by atoms with Crippen LogP contribution in [-0.4, -0.2) is 10.0 Å². The van der Waals surface area contributed by atoms with E-state index in [1.165, 1.54) is 18.2 Å². The number of benzene rings is 1. The Kier molecular flexibility index (Phi) is 2.86. The summed E-state index contributed by atoms with van der Waals surface area (Å²) in [4.78, 5) is 10.1. The molecule has 0 spiro atoms. The van der Waals surface area contributed by atoms with E-state index in [4.69, 9.17) is 5.11 Å². The number of nitro groups is 1. The zero-order valence-electron chi connectivity index (χ0n) is 8.02. The van der Waals surface area contributed by atoms with Crippen LogP contribution < -0.4 is 0 Å². The molecule has 0 saturated carbocycles. The molecule has 0 fully saturated rings. The van der Waals surface area contributed by atoms with Gasteiger partial charge in [0.05, 0.1) is 11.2 Å². The number of nitro benzene ring substituents is 1. The van der Waals surface area contributed by atoms with E-state index in [2.05, 4.69) is 0 Å². The highest BCUT2D eigenvalue weighted by Crippen LogP contribution is 2.22. The average molecular weight is 193 g/mol. The minimum atomic E-state index is -0.424. The molecule has 0 atom stereocenters. The third-order valence-corrected chi connectivity index (χ3v) is 2.03. The van der Waals surface area contributed by atoms with Crippen LogP contribution in [0.1, 0.15) is 16.7 Å². The summed E-state index contributed by atoms with van der Waals surface area (Å²) in [7, 11) is 0. The average Bonchev–Trinajstić information content (AvgIpc) is 2.10. The van der Waals surface area contributed by atoms with Crippen LogP contribution in [-0.2, 0) is 0 Å². The van der Waals surface area contributed by atoms with E-state index in [0.29, 0.717) is 0 Å². The monoisotopic (exact) mass is 193 g/mol. The number of nitrogens with zero attached hydrogens (tertiary/aromatic N) is 1. The van der Waals surface area contributed by atoms with Gasteiger partial charge in [-0.3, -0.25) is 10.1 Å². The van der Waals surface area contributed by atoms with Crippen molar-refractivity contribution in [1.29, 1.82) is 0 Å². The summed E-state index contributed by atoms with van der Waals surface area (Å²) >= 11 is 0. The topological polar surface area (TPSA) is 63.4 Å². The van der Waals surface area contributed by atoms with Gasteiger partial charge in [-0.15, -0.1) is 0 Å². The van der Waals surface area contributed by atoms with Crippen molar-refractivity contribution >= 4 is 11.8 Å². The summed E-state index contributed by atoms with van der Waals surface area (Å²) in [5.74, 6) is 0. The third kappa shape index (κ3) is 1.90. The Bertz CT molecular complexity index is 373. The van der Waals surface area contributed by atoms with Crippen LogP contribution in [0, 0.1) is 24.0 Å². The zero-order valence-corrected chi connectivity index (χ0v) is 8.02. The van der Waals surface area contributed by atoms with E-state index in [1.807, 2.05) is 0 Å². The van der Waals surface area contributed by atoms with Crippen molar-refractivity contribution in [3.05, 3.63) is 45.2 Å². The summed E-state index contributed by atoms with van der Waals surface area (Å²) in [5, 5.41) is 19.1. The Hall–Kier alpha value is -1.84. The predicted molar refractivity (Wildman–Crippen MR) is 54.2 cm³/mol. The van der Waals surface area contributed by atoms with E-state index in [0.717, 1.165) is 23.0 Å². The van der Waals surface area contributed by atoms with Gasteiger partial charge < -0.3 is 5.11 Å². The van der Waals surface area contributed by atoms with E-state index in [-0.39, 0.29) is 5.69 Å². The molecule has 0 aliphatic heterocycles. The smallest absolute Gasteiger partial charge is 0.269 e. The Morgan fingerprint density at radius 2 is 1.86 bits per heavy atom. The minimum Gasteiger partial charge on any atom is -0.516 e. The molecule has 0 saturated heterocycles. The van der Waals surface area contributed by atoms with Crippen molar-refractivity contribution in [3.8, 4) is 0 Å². The maximum absolute atomic E-state index is 10.5. The fourth-order valence-electron chi connectivity index (χ4n) is 1.39. The van der Waals surface area contributed by atoms with Gasteiger partial charge in [0, 0.05) is 12.1 Å². The summed E-state index contributed by atoms with van der Waals surface area (Å²) in [6, 6.07) is 2.98. The molecule has 0 bridgehead atoms. The lowest BCUT2D eigenvalue weighted by Crippen LogP contribution is -1.93. The standard InChI is InChI=1S/C10H11NO3/c1-7-5-9(11(13)14)6-8(2)10(7)3-4-12/h3-6,12H,1-2H3. The van der Waals surface area contributed by atoms with Gasteiger partial charge >= 0.3 is 0 Å². The molecule has 1 N–H and O–H groups in total. The van der Waals surface area contributed by atoms with Gasteiger partial charge in [0.1, 0.15) is 0 Å². The quantitative estimate of drug-likeness (QED) is 0.446. The molecule has 4 heteroatoms. The van der Waals surface area contributed by atoms with Crippen LogP contribution in [0.5, 0.6) is 0 Å². The van der Waals surface area contributed by atoms with Gasteiger partial charge in [-0.2, -0.15) is 0 Å². The Balaban J connectivity index is 3.32. The second kappa shape index (κ2) is 3.91. The van der Waals surface area contributed by atoms with Crippen LogP contribution in [0.3, 0.4) is 0 Å². The molecule has 1 aromatic carbocycles. The molecule has 1 rings (SSSR count). The van der Waals surface area contributed by atoms with Crippen molar-refractivity contribution in [2.24, 2.45) is 0 Å². The molecule has 0 unspecified atom stereocenters. The van der Waals surface area contributed by atoms with Gasteiger partial charge in [0.25, 0.3) is 5.69 Å². The molecule has 74 valence electrons. The Morgan fingerprint density at radius 1 is 1.36 bits per heavy atom. The lowest BCUT2D eigenvalue weighted by molar-refractivity contribution is -0.384. The summed E-state index contributed by atoms with van der Waals surface area (Å²) in [6.07, 6.45) is 2.45. The number of non-ortho nitro benzene ring substituents is 1. The van der Waals surface area contributed by atoms with E-state index in [1.54, 1.807) is 13.8 Å². The SMILES string of the molecule is Cc1cc([N+](=O)[O-])cc(C)c1C=CO. The summed E-state index contributed by atoms with van der Waals surface area (Å²) in [6.45, 7) is 3.55. The van der Waals surface area contributed by atoms with E-state index >= 15 is 0 Å². The maximum Gasteiger partial charge on any atom is 0.269 e. The fourth-order valence-corrected chi connectivity index (χ4v) is 1.39. The Labute approximate surface area is 81.6 Å². The highest BCUT2D eigenvalue weighted by molar-refractivity contribution is 5.60. The van der Waals surface area contributed by atoms with Crippen LogP contribution in [0.2, 0.25) is 0 Å². The molecule has 0 aromatic heterocycles. The first-order chi connectivity index (χ1) is 6.56. The largest absolute Gasteiger partial charge is 0.516 e. The molecule has 0 aliphatic carbocycles. The van der Waals surface area contributed by atoms with Crippen molar-refractivity contribution in [2.75, 3.05) is 0 Å². The molecule has 4 nitrogen and oxygen atoms in total. The van der Waals surface area contributed by atoms with Crippen LogP contribution in [0.25, 0.3) is 6.08 Å². The number of hydrogen-bond donors (Lipinski definition) is 1. The van der Waals surface area contributed by atoms with Gasteiger partial charge in [-0.1, -0.05) is 0 Å². The fraction of sp³-hybridized carbons (Fsp3) is 0.200. The van der Waals surface area contributed by atoms with Crippen LogP contribution >= 0.6 is 0 Å². The summed E-state index contributed by atoms with van der Waals surface area (Å²) < 4.78 is 0. The Morgan fingerprint density at radius 3 is 2.21 bits per heavy atom. The van der Waals surface area contributed by atoms with Gasteiger partial charge in [-0.05, 0) is 36.6 Å². The molecule has 0 aliphatic rings. The third-order valence-electron chi connectivity index (χ3n) is 2.03. The zero-order chi connectivity index (χ0) is 10.7. The maximum atomic E-state index is 10.5. The molecule has 1 aromatic rings. The van der Waals surface area contributed by atoms with Crippen molar-refractivity contribution in [1.82, 2.24) is 0 Å².